The van der Waals surface area contributed by atoms with Crippen LogP contribution in [0.15, 0.2) is 17.3 Å². The molecule has 0 radical (unpaired) electrons. The van der Waals surface area contributed by atoms with Gasteiger partial charge in [0.1, 0.15) is 11.4 Å². The number of carbonyl (C=O) groups is 1. The van der Waals surface area contributed by atoms with E-state index in [1.54, 1.807) is 0 Å². The first-order valence-corrected chi connectivity index (χ1v) is 7.97. The predicted molar refractivity (Wildman–Crippen MR) is 67.7 cm³/mol. The number of hydrogen-bond donors (Lipinski definition) is 1. The maximum atomic E-state index is 12.9. The Labute approximate surface area is 132 Å². The minimum atomic E-state index is -4.88. The minimum Gasteiger partial charge on any atom is -0.481 e. The molecule has 1 aromatic heterocycles. The van der Waals surface area contributed by atoms with Crippen LogP contribution >= 0.6 is 0 Å². The van der Waals surface area contributed by atoms with Crippen molar-refractivity contribution in [3.8, 4) is 0 Å². The molecule has 0 aromatic carbocycles. The first-order chi connectivity index (χ1) is 10.9. The molecule has 13 heteroatoms. The summed E-state index contributed by atoms with van der Waals surface area (Å²) in [6, 6.07) is 0. The molecule has 2 heterocycles. The van der Waals surface area contributed by atoms with E-state index in [9.17, 15) is 35.2 Å². The Morgan fingerprint density at radius 1 is 1.38 bits per heavy atom. The zero-order valence-electron chi connectivity index (χ0n) is 11.8. The van der Waals surface area contributed by atoms with E-state index in [1.165, 1.54) is 0 Å². The van der Waals surface area contributed by atoms with Crippen molar-refractivity contribution in [2.75, 3.05) is 13.1 Å². The average molecular weight is 377 g/mol. The molecule has 0 spiro atoms. The van der Waals surface area contributed by atoms with Gasteiger partial charge in [0.2, 0.25) is 10.0 Å². The van der Waals surface area contributed by atoms with E-state index in [-0.39, 0.29) is 0 Å². The molecule has 7 nitrogen and oxygen atoms in total. The molecule has 136 valence electrons. The standard InChI is InChI=1S/C11H12F5N3O4S/c12-9(13)5-18-2-6(1-17-18)24(22,23)19-3-7(10(20)21)8(4-19)11(14,15)16/h1-2,7-9H,3-5H2,(H,20,21)/t7-,8-/m1/s1. The number of alkyl halides is 5. The van der Waals surface area contributed by atoms with E-state index in [4.69, 9.17) is 5.11 Å². The van der Waals surface area contributed by atoms with Gasteiger partial charge in [-0.3, -0.25) is 9.48 Å². The highest BCUT2D eigenvalue weighted by atomic mass is 32.2. The molecule has 2 rings (SSSR count). The fraction of sp³-hybridized carbons (Fsp3) is 0.636. The second-order valence-corrected chi connectivity index (χ2v) is 7.14. The van der Waals surface area contributed by atoms with E-state index >= 15 is 0 Å². The molecule has 1 N–H and O–H groups in total. The van der Waals surface area contributed by atoms with Crippen LogP contribution in [0.25, 0.3) is 0 Å². The maximum Gasteiger partial charge on any atom is 0.393 e. The Kier molecular flexibility index (Phi) is 4.86. The number of aliphatic carboxylic acids is 1. The molecule has 1 saturated heterocycles. The van der Waals surface area contributed by atoms with Crippen LogP contribution < -0.4 is 0 Å². The van der Waals surface area contributed by atoms with E-state index in [0.29, 0.717) is 8.99 Å². The van der Waals surface area contributed by atoms with Crippen molar-refractivity contribution in [3.05, 3.63) is 12.4 Å². The Bertz CT molecular complexity index is 717. The Hall–Kier alpha value is -1.76. The molecule has 2 atom stereocenters. The van der Waals surface area contributed by atoms with Crippen LogP contribution in [0.5, 0.6) is 0 Å². The summed E-state index contributed by atoms with van der Waals surface area (Å²) in [5, 5.41) is 12.3. The van der Waals surface area contributed by atoms with E-state index in [1.807, 2.05) is 0 Å². The van der Waals surface area contributed by atoms with Crippen LogP contribution in [0, 0.1) is 11.8 Å². The second-order valence-electron chi connectivity index (χ2n) is 5.20. The van der Waals surface area contributed by atoms with E-state index < -0.39 is 65.0 Å². The fourth-order valence-electron chi connectivity index (χ4n) is 2.41. The summed E-state index contributed by atoms with van der Waals surface area (Å²) in [4.78, 5) is 10.4. The van der Waals surface area contributed by atoms with Gasteiger partial charge >= 0.3 is 12.1 Å². The highest BCUT2D eigenvalue weighted by Gasteiger charge is 2.55. The number of aromatic nitrogens is 2. The monoisotopic (exact) mass is 377 g/mol. The smallest absolute Gasteiger partial charge is 0.393 e. The summed E-state index contributed by atoms with van der Waals surface area (Å²) in [5.74, 6) is -6.04. The van der Waals surface area contributed by atoms with Crippen molar-refractivity contribution in [1.82, 2.24) is 14.1 Å². The molecular weight excluding hydrogens is 365 g/mol. The Balaban J connectivity index is 2.27. The average Bonchev–Trinajstić information content (AvgIpc) is 3.03. The first kappa shape index (κ1) is 18.6. The quantitative estimate of drug-likeness (QED) is 0.774. The third kappa shape index (κ3) is 3.66. The number of halogens is 5. The lowest BCUT2D eigenvalue weighted by molar-refractivity contribution is -0.187. The summed E-state index contributed by atoms with van der Waals surface area (Å²) in [5.41, 5.74) is 0. The van der Waals surface area contributed by atoms with Crippen LogP contribution in [0.4, 0.5) is 22.0 Å². The number of sulfonamides is 1. The first-order valence-electron chi connectivity index (χ1n) is 6.53. The molecule has 0 amide bonds. The molecule has 0 bridgehead atoms. The molecule has 0 saturated carbocycles. The van der Waals surface area contributed by atoms with Gasteiger partial charge in [0.15, 0.2) is 0 Å². The Morgan fingerprint density at radius 2 is 2.00 bits per heavy atom. The number of carboxylic acids is 1. The van der Waals surface area contributed by atoms with Crippen LogP contribution in [0.3, 0.4) is 0 Å². The van der Waals surface area contributed by atoms with Gasteiger partial charge in [-0.2, -0.15) is 22.6 Å². The van der Waals surface area contributed by atoms with Crippen LogP contribution in [0.2, 0.25) is 0 Å². The molecule has 1 aliphatic heterocycles. The van der Waals surface area contributed by atoms with Crippen molar-refractivity contribution in [2.24, 2.45) is 11.8 Å². The van der Waals surface area contributed by atoms with Gasteiger partial charge in [0.05, 0.1) is 18.0 Å². The molecule has 1 aliphatic rings. The summed E-state index contributed by atoms with van der Waals surface area (Å²) in [6.45, 7) is -2.79. The van der Waals surface area contributed by atoms with Crippen molar-refractivity contribution >= 4 is 16.0 Å². The SMILES string of the molecule is O=C(O)[C@@H]1CN(S(=O)(=O)c2cnn(CC(F)F)c2)C[C@H]1C(F)(F)F. The lowest BCUT2D eigenvalue weighted by atomic mass is 9.96. The Morgan fingerprint density at radius 3 is 2.46 bits per heavy atom. The topological polar surface area (TPSA) is 92.5 Å². The maximum absolute atomic E-state index is 12.9. The van der Waals surface area contributed by atoms with Crippen molar-refractivity contribution in [3.63, 3.8) is 0 Å². The number of nitrogens with zero attached hydrogens (tertiary/aromatic N) is 3. The molecule has 24 heavy (non-hydrogen) atoms. The predicted octanol–water partition coefficient (Wildman–Crippen LogP) is 1.03. The third-order valence-corrected chi connectivity index (χ3v) is 5.38. The van der Waals surface area contributed by atoms with E-state index in [2.05, 4.69) is 5.10 Å². The third-order valence-electron chi connectivity index (χ3n) is 3.60. The largest absolute Gasteiger partial charge is 0.481 e. The van der Waals surface area contributed by atoms with Gasteiger partial charge in [-0.05, 0) is 0 Å². The highest BCUT2D eigenvalue weighted by molar-refractivity contribution is 7.89. The summed E-state index contributed by atoms with van der Waals surface area (Å²) < 4.78 is 88.8. The van der Waals surface area contributed by atoms with Crippen molar-refractivity contribution < 1.29 is 40.3 Å². The second kappa shape index (κ2) is 6.27. The number of carboxylic acid groups (broad SMARTS) is 1. The summed E-state index contributed by atoms with van der Waals surface area (Å²) >= 11 is 0. The molecule has 1 aromatic rings. The molecular formula is C11H12F5N3O4S. The lowest BCUT2D eigenvalue weighted by Crippen LogP contribution is -2.34. The van der Waals surface area contributed by atoms with Gasteiger partial charge in [0, 0.05) is 19.3 Å². The van der Waals surface area contributed by atoms with E-state index in [0.717, 1.165) is 12.4 Å². The van der Waals surface area contributed by atoms with Gasteiger partial charge in [-0.25, -0.2) is 17.2 Å². The summed E-state index contributed by atoms with van der Waals surface area (Å²) in [6.07, 6.45) is -6.18. The van der Waals surface area contributed by atoms with Gasteiger partial charge in [0.25, 0.3) is 6.43 Å². The zero-order chi connectivity index (χ0) is 18.3. The van der Waals surface area contributed by atoms with Crippen LogP contribution in [-0.2, 0) is 21.4 Å². The van der Waals surface area contributed by atoms with Gasteiger partial charge in [-0.1, -0.05) is 0 Å². The molecule has 0 unspecified atom stereocenters. The number of hydrogen-bond acceptors (Lipinski definition) is 4. The van der Waals surface area contributed by atoms with Gasteiger partial charge < -0.3 is 5.11 Å². The minimum absolute atomic E-state index is 0.383. The van der Waals surface area contributed by atoms with Crippen molar-refractivity contribution in [2.45, 2.75) is 24.0 Å². The van der Waals surface area contributed by atoms with Crippen LogP contribution in [-0.4, -0.2) is 59.3 Å². The molecule has 0 aliphatic carbocycles. The fourth-order valence-corrected chi connectivity index (χ4v) is 3.86. The van der Waals surface area contributed by atoms with Crippen LogP contribution in [0.1, 0.15) is 0 Å². The molecule has 1 fully saturated rings. The normalized spacial score (nSPS) is 23.1. The van der Waals surface area contributed by atoms with Crippen molar-refractivity contribution in [1.29, 1.82) is 0 Å². The zero-order valence-corrected chi connectivity index (χ0v) is 12.6. The lowest BCUT2D eigenvalue weighted by Gasteiger charge is -2.18. The van der Waals surface area contributed by atoms with Gasteiger partial charge in [-0.15, -0.1) is 0 Å². The number of rotatable bonds is 5. The summed E-state index contributed by atoms with van der Waals surface area (Å²) in [7, 11) is -4.47. The highest BCUT2D eigenvalue weighted by Crippen LogP contribution is 2.39.